The van der Waals surface area contributed by atoms with Gasteiger partial charge in [0.1, 0.15) is 0 Å². The maximum atomic E-state index is 2.41. The Hall–Kier alpha value is -16.5. The molecular formula is C124H84N4S2. The van der Waals surface area contributed by atoms with Crippen LogP contribution in [0.2, 0.25) is 0 Å². The van der Waals surface area contributed by atoms with Crippen LogP contribution < -0.4 is 19.6 Å². The third-order valence-electron chi connectivity index (χ3n) is 25.3. The van der Waals surface area contributed by atoms with Crippen molar-refractivity contribution in [2.45, 2.75) is 0 Å². The Labute approximate surface area is 764 Å². The van der Waals surface area contributed by atoms with Crippen molar-refractivity contribution in [3.63, 3.8) is 0 Å². The van der Waals surface area contributed by atoms with Crippen LogP contribution in [0.1, 0.15) is 0 Å². The Kier molecular flexibility index (Phi) is 20.7. The molecule has 612 valence electrons. The van der Waals surface area contributed by atoms with Crippen LogP contribution in [0.5, 0.6) is 0 Å². The number of fused-ring (bicyclic) bond motifs is 16. The van der Waals surface area contributed by atoms with E-state index >= 15 is 0 Å². The van der Waals surface area contributed by atoms with Crippen LogP contribution in [-0.4, -0.2) is 0 Å². The molecule has 0 fully saturated rings. The predicted octanol–water partition coefficient (Wildman–Crippen LogP) is 36.6. The Balaban J connectivity index is 0.000000151. The van der Waals surface area contributed by atoms with Gasteiger partial charge in [0.15, 0.2) is 0 Å². The zero-order valence-corrected chi connectivity index (χ0v) is 72.7. The molecule has 0 atom stereocenters. The molecule has 24 rings (SSSR count). The summed E-state index contributed by atoms with van der Waals surface area (Å²) in [6.07, 6.45) is 0. The van der Waals surface area contributed by atoms with Crippen LogP contribution in [-0.2, 0) is 0 Å². The monoisotopic (exact) mass is 1690 g/mol. The fourth-order valence-electron chi connectivity index (χ4n) is 19.0. The Bertz CT molecular complexity index is 7900. The predicted molar refractivity (Wildman–Crippen MR) is 560 cm³/mol. The lowest BCUT2D eigenvalue weighted by Gasteiger charge is -2.26. The highest BCUT2D eigenvalue weighted by Gasteiger charge is 2.25. The summed E-state index contributed by atoms with van der Waals surface area (Å²) in [5, 5.41) is 15.3. The largest absolute Gasteiger partial charge is 0.310 e. The van der Waals surface area contributed by atoms with E-state index in [4.69, 9.17) is 0 Å². The van der Waals surface area contributed by atoms with E-state index in [1.165, 1.54) is 150 Å². The molecule has 0 radical (unpaired) electrons. The van der Waals surface area contributed by atoms with Gasteiger partial charge in [0, 0.05) is 119 Å². The van der Waals surface area contributed by atoms with Gasteiger partial charge in [-0.05, 0) is 245 Å². The Morgan fingerprint density at radius 1 is 0.115 bits per heavy atom. The van der Waals surface area contributed by atoms with Crippen molar-refractivity contribution in [1.29, 1.82) is 0 Å². The number of thiophene rings is 2. The van der Waals surface area contributed by atoms with Gasteiger partial charge in [0.2, 0.25) is 0 Å². The van der Waals surface area contributed by atoms with Gasteiger partial charge in [0.25, 0.3) is 0 Å². The van der Waals surface area contributed by atoms with Crippen molar-refractivity contribution in [1.82, 2.24) is 0 Å². The summed E-state index contributed by atoms with van der Waals surface area (Å²) in [5.41, 5.74) is 27.8. The molecule has 0 aliphatic heterocycles. The molecule has 0 saturated carbocycles. The molecule has 22 aromatic carbocycles. The van der Waals surface area contributed by atoms with Crippen LogP contribution in [0.15, 0.2) is 510 Å². The minimum absolute atomic E-state index is 1.10. The second-order valence-electron chi connectivity index (χ2n) is 33.0. The van der Waals surface area contributed by atoms with Crippen molar-refractivity contribution in [2.24, 2.45) is 0 Å². The van der Waals surface area contributed by atoms with Gasteiger partial charge in [-0.25, -0.2) is 0 Å². The van der Waals surface area contributed by atoms with E-state index in [0.717, 1.165) is 68.2 Å². The van der Waals surface area contributed by atoms with Crippen molar-refractivity contribution < 1.29 is 0 Å². The van der Waals surface area contributed by atoms with Crippen molar-refractivity contribution in [2.75, 3.05) is 19.6 Å². The number of rotatable bonds is 18. The molecular weight excluding hydrogens is 1610 g/mol. The molecule has 6 heteroatoms. The highest BCUT2D eigenvalue weighted by Crippen LogP contribution is 2.52. The smallest absolute Gasteiger partial charge is 0.0476 e. The lowest BCUT2D eigenvalue weighted by atomic mass is 9.96. The Morgan fingerprint density at radius 3 is 0.531 bits per heavy atom. The maximum Gasteiger partial charge on any atom is 0.0476 e. The molecule has 0 aliphatic rings. The van der Waals surface area contributed by atoms with Gasteiger partial charge in [0.05, 0.1) is 0 Å². The normalized spacial score (nSPS) is 11.4. The summed E-state index contributed by atoms with van der Waals surface area (Å²) in [7, 11) is 0. The minimum Gasteiger partial charge on any atom is -0.310 e. The van der Waals surface area contributed by atoms with Gasteiger partial charge in [-0.1, -0.05) is 364 Å². The molecule has 0 saturated heterocycles. The number of hydrogen-bond donors (Lipinski definition) is 0. The van der Waals surface area contributed by atoms with E-state index in [1.54, 1.807) is 0 Å². The summed E-state index contributed by atoms with van der Waals surface area (Å²) in [5.74, 6) is 0. The second-order valence-corrected chi connectivity index (χ2v) is 35.1. The fourth-order valence-corrected chi connectivity index (χ4v) is 21.5. The van der Waals surface area contributed by atoms with Crippen LogP contribution in [0.3, 0.4) is 0 Å². The number of para-hydroxylation sites is 2. The van der Waals surface area contributed by atoms with Crippen molar-refractivity contribution in [3.05, 3.63) is 510 Å². The van der Waals surface area contributed by atoms with Gasteiger partial charge in [-0.2, -0.15) is 0 Å². The molecule has 4 nitrogen and oxygen atoms in total. The minimum atomic E-state index is 1.10. The van der Waals surface area contributed by atoms with Crippen molar-refractivity contribution in [3.8, 4) is 66.8 Å². The first-order chi connectivity index (χ1) is 64.5. The molecule has 2 aromatic heterocycles. The van der Waals surface area contributed by atoms with Gasteiger partial charge in [-0.15, -0.1) is 22.7 Å². The molecule has 0 bridgehead atoms. The molecule has 0 amide bonds. The van der Waals surface area contributed by atoms with E-state index < -0.39 is 0 Å². The highest BCUT2D eigenvalue weighted by atomic mass is 32.1. The van der Waals surface area contributed by atoms with E-state index in [2.05, 4.69) is 529 Å². The summed E-state index contributed by atoms with van der Waals surface area (Å²) in [6, 6.07) is 185. The Morgan fingerprint density at radius 2 is 0.292 bits per heavy atom. The number of anilines is 12. The number of benzene rings is 22. The maximum absolute atomic E-state index is 2.41. The molecule has 0 unspecified atom stereocenters. The van der Waals surface area contributed by atoms with E-state index in [0.29, 0.717) is 0 Å². The van der Waals surface area contributed by atoms with Crippen LogP contribution >= 0.6 is 22.7 Å². The molecule has 24 aromatic rings. The standard InChI is InChI=1S/C68H46N2S.C56H38N2S/c1-5-15-47(16-6-1)51-25-33-55(34-26-51)69(56-35-27-52(28-36-56)48-17-7-2-8-18-48)59-41-43-63-65(45-59)61-23-13-14-24-62(61)67-64-44-42-60(46-66(64)71-68(63)67)70(57-37-29-53(30-38-57)49-19-9-3-10-20-49)58-39-31-54(32-40-58)50-21-11-4-12-22-50;1-5-15-39(16-6-1)41-25-29-45(30-26-41)58(46-31-27-42(28-32-46)40-17-7-2-8-18-40)48-34-36-52-54(38-48)59-56-51-35-33-47(37-53(51)49-23-13-14-24-50(49)55(52)56)57(43-19-9-3-10-20-43)44-21-11-4-12-22-44/h1-46H;1-38H. The van der Waals surface area contributed by atoms with Crippen LogP contribution in [0.4, 0.5) is 68.2 Å². The molecule has 130 heavy (non-hydrogen) atoms. The van der Waals surface area contributed by atoms with Gasteiger partial charge < -0.3 is 19.6 Å². The van der Waals surface area contributed by atoms with Crippen molar-refractivity contribution >= 4 is 174 Å². The zero-order valence-electron chi connectivity index (χ0n) is 71.1. The molecule has 2 heterocycles. The molecule has 0 N–H and O–H groups in total. The first kappa shape index (κ1) is 78.3. The molecule has 0 spiro atoms. The van der Waals surface area contributed by atoms with Gasteiger partial charge >= 0.3 is 0 Å². The average molecular weight is 1690 g/mol. The first-order valence-corrected chi connectivity index (χ1v) is 46.0. The second kappa shape index (κ2) is 34.5. The summed E-state index contributed by atoms with van der Waals surface area (Å²) < 4.78 is 5.13. The third-order valence-corrected chi connectivity index (χ3v) is 27.6. The number of hydrogen-bond acceptors (Lipinski definition) is 6. The summed E-state index contributed by atoms with van der Waals surface area (Å²) in [6.45, 7) is 0. The highest BCUT2D eigenvalue weighted by molar-refractivity contribution is 7.27. The van der Waals surface area contributed by atoms with E-state index in [9.17, 15) is 0 Å². The summed E-state index contributed by atoms with van der Waals surface area (Å²) >= 11 is 3.79. The van der Waals surface area contributed by atoms with Crippen LogP contribution in [0.25, 0.3) is 150 Å². The van der Waals surface area contributed by atoms with Gasteiger partial charge in [-0.3, -0.25) is 0 Å². The molecule has 0 aliphatic carbocycles. The average Bonchev–Trinajstić information content (AvgIpc) is 1.53. The quantitative estimate of drug-likeness (QED) is 0.0794. The summed E-state index contributed by atoms with van der Waals surface area (Å²) in [4.78, 5) is 9.52. The van der Waals surface area contributed by atoms with E-state index in [-0.39, 0.29) is 0 Å². The third kappa shape index (κ3) is 15.0. The number of nitrogens with zero attached hydrogens (tertiary/aromatic N) is 4. The lowest BCUT2D eigenvalue weighted by molar-refractivity contribution is 1.29. The SMILES string of the molecule is c1ccc(-c2ccc(N(c3ccc(-c4ccccc4)cc3)c3ccc4c(c3)sc3c5ccc(N(c6ccc(-c7ccccc7)cc6)c6ccc(-c7ccccc7)cc6)cc5c5ccccc5c43)cc2)cc1.c1ccc(-c2ccc(N(c3ccc(-c4ccccc4)cc3)c3ccc4c(c3)sc3c5ccc(N(c6ccccc6)c6ccccc6)cc5c5ccccc5c43)cc2)cc1. The zero-order chi connectivity index (χ0) is 86.2. The first-order valence-electron chi connectivity index (χ1n) is 44.3. The van der Waals surface area contributed by atoms with Crippen LogP contribution in [0, 0.1) is 0 Å². The lowest BCUT2D eigenvalue weighted by Crippen LogP contribution is -2.10. The fraction of sp³-hybridized carbons (Fsp3) is 0. The topological polar surface area (TPSA) is 13.0 Å². The van der Waals surface area contributed by atoms with E-state index in [1.807, 2.05) is 22.7 Å².